The number of amides is 1. The minimum atomic E-state index is -0.0946. The van der Waals surface area contributed by atoms with Gasteiger partial charge in [-0.1, -0.05) is 6.07 Å². The normalized spacial score (nSPS) is 14.2. The van der Waals surface area contributed by atoms with Crippen LogP contribution in [0.15, 0.2) is 29.8 Å². The number of thiazole rings is 1. The third-order valence-electron chi connectivity index (χ3n) is 2.55. The Kier molecular flexibility index (Phi) is 2.93. The predicted octanol–water partition coefficient (Wildman–Crippen LogP) is 2.17. The van der Waals surface area contributed by atoms with Gasteiger partial charge in [0.1, 0.15) is 11.5 Å². The lowest BCUT2D eigenvalue weighted by molar-refractivity contribution is 0.0947. The number of nitrogens with zero attached hydrogens (tertiary/aromatic N) is 2. The zero-order valence-electron chi connectivity index (χ0n) is 9.59. The minimum Gasteiger partial charge on any atom is -0.348 e. The maximum absolute atomic E-state index is 11.8. The Morgan fingerprint density at radius 2 is 2.28 bits per heavy atom. The summed E-state index contributed by atoms with van der Waals surface area (Å²) in [5, 5.41) is 8.40. The van der Waals surface area contributed by atoms with E-state index in [0.29, 0.717) is 16.9 Å². The summed E-state index contributed by atoms with van der Waals surface area (Å²) in [6.45, 7) is 0. The molecule has 2 heterocycles. The number of aromatic nitrogens is 2. The molecule has 3 rings (SSSR count). The SMILES string of the molecule is O=C(NC1CC1)c1csc(Nc2ccccn2)n1. The molecule has 0 bridgehead atoms. The first-order valence-corrected chi connectivity index (χ1v) is 6.64. The van der Waals surface area contributed by atoms with E-state index in [2.05, 4.69) is 20.6 Å². The topological polar surface area (TPSA) is 66.9 Å². The van der Waals surface area contributed by atoms with Crippen LogP contribution in [-0.4, -0.2) is 21.9 Å². The molecular formula is C12H12N4OS. The van der Waals surface area contributed by atoms with E-state index in [9.17, 15) is 4.79 Å². The highest BCUT2D eigenvalue weighted by Gasteiger charge is 2.24. The van der Waals surface area contributed by atoms with Gasteiger partial charge in [0.05, 0.1) is 0 Å². The van der Waals surface area contributed by atoms with Crippen LogP contribution in [0.4, 0.5) is 10.9 Å². The van der Waals surface area contributed by atoms with Crippen molar-refractivity contribution in [3.05, 3.63) is 35.5 Å². The van der Waals surface area contributed by atoms with Gasteiger partial charge < -0.3 is 10.6 Å². The van der Waals surface area contributed by atoms with Gasteiger partial charge in [0.25, 0.3) is 5.91 Å². The zero-order chi connectivity index (χ0) is 12.4. The van der Waals surface area contributed by atoms with Gasteiger partial charge in [-0.15, -0.1) is 11.3 Å². The molecule has 0 saturated heterocycles. The number of hydrogen-bond donors (Lipinski definition) is 2. The molecule has 2 aromatic rings. The van der Waals surface area contributed by atoms with E-state index in [1.54, 1.807) is 11.6 Å². The second kappa shape index (κ2) is 4.73. The Bertz CT molecular complexity index is 550. The lowest BCUT2D eigenvalue weighted by Crippen LogP contribution is -2.25. The van der Waals surface area contributed by atoms with E-state index in [-0.39, 0.29) is 5.91 Å². The van der Waals surface area contributed by atoms with Gasteiger partial charge in [-0.25, -0.2) is 9.97 Å². The highest BCUT2D eigenvalue weighted by Crippen LogP contribution is 2.22. The summed E-state index contributed by atoms with van der Waals surface area (Å²) in [7, 11) is 0. The van der Waals surface area contributed by atoms with Crippen molar-refractivity contribution in [2.24, 2.45) is 0 Å². The second-order valence-electron chi connectivity index (χ2n) is 4.13. The number of rotatable bonds is 4. The molecule has 0 aliphatic heterocycles. The van der Waals surface area contributed by atoms with Crippen molar-refractivity contribution >= 4 is 28.2 Å². The summed E-state index contributed by atoms with van der Waals surface area (Å²) in [4.78, 5) is 20.1. The Hall–Kier alpha value is -1.95. The number of anilines is 2. The largest absolute Gasteiger partial charge is 0.348 e. The fourth-order valence-corrected chi connectivity index (χ4v) is 2.17. The smallest absolute Gasteiger partial charge is 0.271 e. The molecule has 2 N–H and O–H groups in total. The van der Waals surface area contributed by atoms with Gasteiger partial charge in [-0.2, -0.15) is 0 Å². The molecule has 0 spiro atoms. The first kappa shape index (κ1) is 11.2. The van der Waals surface area contributed by atoms with Crippen molar-refractivity contribution in [2.75, 3.05) is 5.32 Å². The molecule has 0 aromatic carbocycles. The van der Waals surface area contributed by atoms with Crippen LogP contribution < -0.4 is 10.6 Å². The molecule has 0 unspecified atom stereocenters. The molecule has 0 atom stereocenters. The van der Waals surface area contributed by atoms with Crippen molar-refractivity contribution in [3.63, 3.8) is 0 Å². The molecule has 2 aromatic heterocycles. The molecular weight excluding hydrogens is 248 g/mol. The number of nitrogens with one attached hydrogen (secondary N) is 2. The molecule has 1 saturated carbocycles. The van der Waals surface area contributed by atoms with Gasteiger partial charge in [0.2, 0.25) is 0 Å². The van der Waals surface area contributed by atoms with Crippen LogP contribution in [0.2, 0.25) is 0 Å². The fourth-order valence-electron chi connectivity index (χ4n) is 1.47. The van der Waals surface area contributed by atoms with E-state index >= 15 is 0 Å². The van der Waals surface area contributed by atoms with Crippen LogP contribution >= 0.6 is 11.3 Å². The molecule has 1 aliphatic carbocycles. The number of carbonyl (C=O) groups is 1. The Morgan fingerprint density at radius 3 is 3.00 bits per heavy atom. The van der Waals surface area contributed by atoms with Gasteiger partial charge in [0.15, 0.2) is 5.13 Å². The van der Waals surface area contributed by atoms with Crippen molar-refractivity contribution in [1.82, 2.24) is 15.3 Å². The van der Waals surface area contributed by atoms with Crippen LogP contribution in [0.25, 0.3) is 0 Å². The molecule has 18 heavy (non-hydrogen) atoms. The van der Waals surface area contributed by atoms with E-state index in [0.717, 1.165) is 18.7 Å². The highest BCUT2D eigenvalue weighted by molar-refractivity contribution is 7.14. The van der Waals surface area contributed by atoms with Crippen molar-refractivity contribution in [2.45, 2.75) is 18.9 Å². The molecule has 6 heteroatoms. The third-order valence-corrected chi connectivity index (χ3v) is 3.31. The predicted molar refractivity (Wildman–Crippen MR) is 70.1 cm³/mol. The van der Waals surface area contributed by atoms with Crippen LogP contribution in [0, 0.1) is 0 Å². The average molecular weight is 260 g/mol. The van der Waals surface area contributed by atoms with Crippen LogP contribution in [0.5, 0.6) is 0 Å². The summed E-state index contributed by atoms with van der Waals surface area (Å²) >= 11 is 1.40. The first-order chi connectivity index (χ1) is 8.81. The Labute approximate surface area is 108 Å². The average Bonchev–Trinajstić information content (AvgIpc) is 3.07. The maximum atomic E-state index is 11.8. The van der Waals surface area contributed by atoms with Crippen molar-refractivity contribution < 1.29 is 4.79 Å². The molecule has 1 amide bonds. The standard InChI is InChI=1S/C12H12N4OS/c17-11(14-8-4-5-8)9-7-18-12(15-9)16-10-3-1-2-6-13-10/h1-3,6-8H,4-5H2,(H,14,17)(H,13,15,16). The van der Waals surface area contributed by atoms with Crippen LogP contribution in [-0.2, 0) is 0 Å². The maximum Gasteiger partial charge on any atom is 0.271 e. The summed E-state index contributed by atoms with van der Waals surface area (Å²) < 4.78 is 0. The van der Waals surface area contributed by atoms with Crippen LogP contribution in [0.1, 0.15) is 23.3 Å². The quantitative estimate of drug-likeness (QED) is 0.884. The van der Waals surface area contributed by atoms with Gasteiger partial charge in [-0.05, 0) is 25.0 Å². The van der Waals surface area contributed by atoms with Crippen LogP contribution in [0.3, 0.4) is 0 Å². The van der Waals surface area contributed by atoms with Gasteiger partial charge in [-0.3, -0.25) is 4.79 Å². The summed E-state index contributed by atoms with van der Waals surface area (Å²) in [5.41, 5.74) is 0.463. The van der Waals surface area contributed by atoms with Crippen molar-refractivity contribution in [1.29, 1.82) is 0 Å². The van der Waals surface area contributed by atoms with Gasteiger partial charge >= 0.3 is 0 Å². The zero-order valence-corrected chi connectivity index (χ0v) is 10.4. The lowest BCUT2D eigenvalue weighted by atomic mass is 10.4. The minimum absolute atomic E-state index is 0.0946. The van der Waals surface area contributed by atoms with Crippen molar-refractivity contribution in [3.8, 4) is 0 Å². The molecule has 92 valence electrons. The van der Waals surface area contributed by atoms with Gasteiger partial charge in [0, 0.05) is 17.6 Å². The monoisotopic (exact) mass is 260 g/mol. The highest BCUT2D eigenvalue weighted by atomic mass is 32.1. The Morgan fingerprint density at radius 1 is 1.39 bits per heavy atom. The van der Waals surface area contributed by atoms with E-state index in [1.807, 2.05) is 18.2 Å². The number of pyridine rings is 1. The summed E-state index contributed by atoms with van der Waals surface area (Å²) in [5.74, 6) is 0.629. The first-order valence-electron chi connectivity index (χ1n) is 5.76. The second-order valence-corrected chi connectivity index (χ2v) is 4.98. The molecule has 0 radical (unpaired) electrons. The summed E-state index contributed by atoms with van der Waals surface area (Å²) in [6.07, 6.45) is 3.86. The lowest BCUT2D eigenvalue weighted by Gasteiger charge is -2.00. The fraction of sp³-hybridized carbons (Fsp3) is 0.250. The third kappa shape index (κ3) is 2.65. The van der Waals surface area contributed by atoms with E-state index in [1.165, 1.54) is 11.3 Å². The Balaban J connectivity index is 1.67. The molecule has 5 nitrogen and oxygen atoms in total. The molecule has 1 aliphatic rings. The summed E-state index contributed by atoms with van der Waals surface area (Å²) in [6, 6.07) is 5.95. The number of carbonyl (C=O) groups excluding carboxylic acids is 1. The van der Waals surface area contributed by atoms with E-state index < -0.39 is 0 Å². The number of hydrogen-bond acceptors (Lipinski definition) is 5. The molecule has 1 fully saturated rings. The van der Waals surface area contributed by atoms with E-state index in [4.69, 9.17) is 0 Å².